The zero-order valence-electron chi connectivity index (χ0n) is 8.45. The van der Waals surface area contributed by atoms with E-state index in [-0.39, 0.29) is 6.04 Å². The summed E-state index contributed by atoms with van der Waals surface area (Å²) in [7, 11) is 1.68. The molecule has 1 N–H and O–H groups in total. The summed E-state index contributed by atoms with van der Waals surface area (Å²) in [5.41, 5.74) is 1.68. The topological polar surface area (TPSA) is 45.0 Å². The van der Waals surface area contributed by atoms with Crippen molar-refractivity contribution in [2.75, 3.05) is 19.0 Å². The summed E-state index contributed by atoms with van der Waals surface area (Å²) < 4.78 is 5.01. The van der Waals surface area contributed by atoms with Crippen molar-refractivity contribution in [2.45, 2.75) is 13.0 Å². The molecule has 0 aromatic heterocycles. The molecular formula is C11H14N2O. The Morgan fingerprint density at radius 1 is 1.43 bits per heavy atom. The van der Waals surface area contributed by atoms with Gasteiger partial charge in [-0.25, -0.2) is 0 Å². The molecule has 0 heterocycles. The molecule has 74 valence electrons. The first-order valence-corrected chi connectivity index (χ1v) is 4.52. The van der Waals surface area contributed by atoms with Gasteiger partial charge in [-0.2, -0.15) is 5.26 Å². The number of nitrogens with one attached hydrogen (secondary N) is 1. The van der Waals surface area contributed by atoms with E-state index in [1.165, 1.54) is 0 Å². The highest BCUT2D eigenvalue weighted by Gasteiger charge is 2.00. The number of hydrogen-bond donors (Lipinski definition) is 1. The van der Waals surface area contributed by atoms with Gasteiger partial charge in [0.1, 0.15) is 0 Å². The van der Waals surface area contributed by atoms with E-state index in [4.69, 9.17) is 10.00 Å². The molecule has 3 heteroatoms. The molecular weight excluding hydrogens is 176 g/mol. The Hall–Kier alpha value is -1.53. The van der Waals surface area contributed by atoms with Gasteiger partial charge >= 0.3 is 0 Å². The Morgan fingerprint density at radius 2 is 2.07 bits per heavy atom. The maximum Gasteiger partial charge on any atom is 0.0991 e. The summed E-state index contributed by atoms with van der Waals surface area (Å²) in [6.07, 6.45) is 0. The summed E-state index contributed by atoms with van der Waals surface area (Å²) in [5, 5.41) is 11.9. The van der Waals surface area contributed by atoms with E-state index in [0.29, 0.717) is 12.2 Å². The minimum atomic E-state index is 0.271. The summed E-state index contributed by atoms with van der Waals surface area (Å²) >= 11 is 0. The third-order valence-corrected chi connectivity index (χ3v) is 1.84. The summed E-state index contributed by atoms with van der Waals surface area (Å²) in [4.78, 5) is 0. The third kappa shape index (κ3) is 3.08. The minimum absolute atomic E-state index is 0.271. The summed E-state index contributed by atoms with van der Waals surface area (Å²) in [6.45, 7) is 2.71. The third-order valence-electron chi connectivity index (χ3n) is 1.84. The Kier molecular flexibility index (Phi) is 3.96. The van der Waals surface area contributed by atoms with E-state index in [1.807, 2.05) is 19.1 Å². The predicted octanol–water partition coefficient (Wildman–Crippen LogP) is 2.01. The standard InChI is InChI=1S/C11H14N2O/c1-9(8-14-2)13-11-5-3-10(7-12)4-6-11/h3-6,9,13H,8H2,1-2H3/t9-/m0/s1. The lowest BCUT2D eigenvalue weighted by Gasteiger charge is -2.13. The van der Waals surface area contributed by atoms with E-state index in [0.717, 1.165) is 5.69 Å². The molecule has 1 rings (SSSR count). The van der Waals surface area contributed by atoms with Crippen LogP contribution in [0, 0.1) is 11.3 Å². The van der Waals surface area contributed by atoms with Gasteiger partial charge in [0.15, 0.2) is 0 Å². The second-order valence-corrected chi connectivity index (χ2v) is 3.19. The first-order valence-electron chi connectivity index (χ1n) is 4.52. The maximum absolute atomic E-state index is 8.60. The number of anilines is 1. The molecule has 1 atom stereocenters. The normalized spacial score (nSPS) is 11.8. The van der Waals surface area contributed by atoms with Crippen molar-refractivity contribution >= 4 is 5.69 Å². The number of rotatable bonds is 4. The van der Waals surface area contributed by atoms with Gasteiger partial charge in [0.05, 0.1) is 18.2 Å². The van der Waals surface area contributed by atoms with Gasteiger partial charge in [0.2, 0.25) is 0 Å². The Morgan fingerprint density at radius 3 is 2.57 bits per heavy atom. The molecule has 0 fully saturated rings. The second-order valence-electron chi connectivity index (χ2n) is 3.19. The van der Waals surface area contributed by atoms with E-state index < -0.39 is 0 Å². The smallest absolute Gasteiger partial charge is 0.0991 e. The van der Waals surface area contributed by atoms with Crippen LogP contribution in [0.25, 0.3) is 0 Å². The number of methoxy groups -OCH3 is 1. The second kappa shape index (κ2) is 5.25. The van der Waals surface area contributed by atoms with Gasteiger partial charge in [0.25, 0.3) is 0 Å². The fraction of sp³-hybridized carbons (Fsp3) is 0.364. The number of nitriles is 1. The molecule has 0 unspecified atom stereocenters. The molecule has 0 spiro atoms. The molecule has 0 radical (unpaired) electrons. The van der Waals surface area contributed by atoms with Gasteiger partial charge in [-0.1, -0.05) is 0 Å². The Labute approximate surface area is 84.3 Å². The Bertz CT molecular complexity index is 313. The van der Waals surface area contributed by atoms with E-state index in [1.54, 1.807) is 19.2 Å². The van der Waals surface area contributed by atoms with Gasteiger partial charge in [0, 0.05) is 18.8 Å². The number of nitrogens with zero attached hydrogens (tertiary/aromatic N) is 1. The monoisotopic (exact) mass is 190 g/mol. The largest absolute Gasteiger partial charge is 0.383 e. The Balaban J connectivity index is 2.56. The lowest BCUT2D eigenvalue weighted by Crippen LogP contribution is -2.20. The number of ether oxygens (including phenoxy) is 1. The zero-order chi connectivity index (χ0) is 10.4. The predicted molar refractivity (Wildman–Crippen MR) is 56.1 cm³/mol. The van der Waals surface area contributed by atoms with Crippen LogP contribution in [0.1, 0.15) is 12.5 Å². The lowest BCUT2D eigenvalue weighted by atomic mass is 10.2. The zero-order valence-corrected chi connectivity index (χ0v) is 8.45. The highest BCUT2D eigenvalue weighted by Crippen LogP contribution is 2.09. The highest BCUT2D eigenvalue weighted by atomic mass is 16.5. The number of benzene rings is 1. The van der Waals surface area contributed by atoms with Gasteiger partial charge in [-0.05, 0) is 31.2 Å². The average molecular weight is 190 g/mol. The molecule has 0 aliphatic rings. The molecule has 0 amide bonds. The van der Waals surface area contributed by atoms with Crippen LogP contribution in [0.4, 0.5) is 5.69 Å². The molecule has 14 heavy (non-hydrogen) atoms. The van der Waals surface area contributed by atoms with Crippen LogP contribution in [0.15, 0.2) is 24.3 Å². The summed E-state index contributed by atoms with van der Waals surface area (Å²) in [5.74, 6) is 0. The van der Waals surface area contributed by atoms with E-state index in [9.17, 15) is 0 Å². The van der Waals surface area contributed by atoms with Crippen molar-refractivity contribution in [1.29, 1.82) is 5.26 Å². The van der Waals surface area contributed by atoms with Crippen LogP contribution in [0.2, 0.25) is 0 Å². The number of hydrogen-bond acceptors (Lipinski definition) is 3. The van der Waals surface area contributed by atoms with E-state index in [2.05, 4.69) is 11.4 Å². The van der Waals surface area contributed by atoms with Crippen LogP contribution >= 0.6 is 0 Å². The lowest BCUT2D eigenvalue weighted by molar-refractivity contribution is 0.190. The van der Waals surface area contributed by atoms with Crippen LogP contribution < -0.4 is 5.32 Å². The van der Waals surface area contributed by atoms with Crippen LogP contribution in [0.3, 0.4) is 0 Å². The fourth-order valence-electron chi connectivity index (χ4n) is 1.22. The van der Waals surface area contributed by atoms with E-state index >= 15 is 0 Å². The van der Waals surface area contributed by atoms with Crippen LogP contribution in [-0.4, -0.2) is 19.8 Å². The van der Waals surface area contributed by atoms with Gasteiger partial charge < -0.3 is 10.1 Å². The molecule has 0 saturated carbocycles. The molecule has 3 nitrogen and oxygen atoms in total. The van der Waals surface area contributed by atoms with Gasteiger partial charge in [-0.3, -0.25) is 0 Å². The average Bonchev–Trinajstić information content (AvgIpc) is 2.19. The first kappa shape index (κ1) is 10.6. The highest BCUT2D eigenvalue weighted by molar-refractivity contribution is 5.47. The molecule has 1 aromatic carbocycles. The minimum Gasteiger partial charge on any atom is -0.383 e. The molecule has 1 aromatic rings. The maximum atomic E-state index is 8.60. The van der Waals surface area contributed by atoms with Crippen molar-refractivity contribution in [3.8, 4) is 6.07 Å². The SMILES string of the molecule is COC[C@H](C)Nc1ccc(C#N)cc1. The van der Waals surface area contributed by atoms with Crippen molar-refractivity contribution in [3.63, 3.8) is 0 Å². The van der Waals surface area contributed by atoms with Crippen LogP contribution in [-0.2, 0) is 4.74 Å². The van der Waals surface area contributed by atoms with Crippen molar-refractivity contribution in [3.05, 3.63) is 29.8 Å². The van der Waals surface area contributed by atoms with Gasteiger partial charge in [-0.15, -0.1) is 0 Å². The summed E-state index contributed by atoms with van der Waals surface area (Å²) in [6, 6.07) is 9.73. The van der Waals surface area contributed by atoms with Crippen LogP contribution in [0.5, 0.6) is 0 Å². The molecule has 0 aliphatic heterocycles. The fourth-order valence-corrected chi connectivity index (χ4v) is 1.22. The van der Waals surface area contributed by atoms with Crippen molar-refractivity contribution in [2.24, 2.45) is 0 Å². The molecule has 0 bridgehead atoms. The molecule has 0 aliphatic carbocycles. The quantitative estimate of drug-likeness (QED) is 0.789. The molecule has 0 saturated heterocycles. The van der Waals surface area contributed by atoms with Crippen molar-refractivity contribution < 1.29 is 4.74 Å². The first-order chi connectivity index (χ1) is 6.76. The van der Waals surface area contributed by atoms with Crippen molar-refractivity contribution in [1.82, 2.24) is 0 Å².